The summed E-state index contributed by atoms with van der Waals surface area (Å²) in [4.78, 5) is 0. The van der Waals surface area contributed by atoms with E-state index in [1.165, 1.54) is 0 Å². The minimum absolute atomic E-state index is 0. The first kappa shape index (κ1) is 30.6. The SMILES string of the molecule is [Ag].[Ga].[In].[S]. The van der Waals surface area contributed by atoms with Gasteiger partial charge in [0.15, 0.2) is 0 Å². The molecule has 0 nitrogen and oxygen atoms in total. The van der Waals surface area contributed by atoms with Gasteiger partial charge < -0.3 is 0 Å². The van der Waals surface area contributed by atoms with Gasteiger partial charge in [-0.1, -0.05) is 0 Å². The maximum Gasteiger partial charge on any atom is 0 e. The largest absolute Gasteiger partial charge is 0 e. The second-order valence-corrected chi connectivity index (χ2v) is 0. The summed E-state index contributed by atoms with van der Waals surface area (Å²) in [7, 11) is 0. The van der Waals surface area contributed by atoms with E-state index in [1.54, 1.807) is 0 Å². The molecule has 4 heteroatoms. The van der Waals surface area contributed by atoms with E-state index in [2.05, 4.69) is 0 Å². The molecule has 0 unspecified atom stereocenters. The smallest absolute Gasteiger partial charge is 0 e. The molecular formula is AgGaInS. The van der Waals surface area contributed by atoms with Gasteiger partial charge in [-0.3, -0.25) is 0 Å². The summed E-state index contributed by atoms with van der Waals surface area (Å²) in [5, 5.41) is 0. The molecule has 23 valence electrons. The van der Waals surface area contributed by atoms with Gasteiger partial charge in [-0.2, -0.15) is 0 Å². The molecule has 0 aromatic carbocycles. The van der Waals surface area contributed by atoms with E-state index in [1.807, 2.05) is 0 Å². The van der Waals surface area contributed by atoms with Crippen LogP contribution in [0.2, 0.25) is 0 Å². The summed E-state index contributed by atoms with van der Waals surface area (Å²) < 4.78 is 0. The maximum atomic E-state index is 0. The predicted octanol–water partition coefficient (Wildman–Crippen LogP) is -0.116. The first-order valence-corrected chi connectivity index (χ1v) is 0. The van der Waals surface area contributed by atoms with Gasteiger partial charge in [0.1, 0.15) is 0 Å². The summed E-state index contributed by atoms with van der Waals surface area (Å²) in [6, 6.07) is 0. The van der Waals surface area contributed by atoms with Gasteiger partial charge in [-0.25, -0.2) is 0 Å². The third-order valence-corrected chi connectivity index (χ3v) is 0. The van der Waals surface area contributed by atoms with Crippen molar-refractivity contribution < 1.29 is 22.4 Å². The molecule has 0 spiro atoms. The first-order valence-electron chi connectivity index (χ1n) is 0. The standard InChI is InChI=1S/Ag.Ga.In.S. The van der Waals surface area contributed by atoms with Crippen molar-refractivity contribution in [2.75, 3.05) is 0 Å². The first-order chi connectivity index (χ1) is 0. The average Bonchev–Trinajstić information content (AvgIpc) is 0. The van der Waals surface area contributed by atoms with Crippen molar-refractivity contribution in [3.05, 3.63) is 0 Å². The van der Waals surface area contributed by atoms with Crippen LogP contribution in [0.15, 0.2) is 0 Å². The van der Waals surface area contributed by atoms with Gasteiger partial charge in [0, 0.05) is 81.5 Å². The van der Waals surface area contributed by atoms with E-state index in [0.717, 1.165) is 0 Å². The Morgan fingerprint density at radius 1 is 1.00 bits per heavy atom. The van der Waals surface area contributed by atoms with Gasteiger partial charge in [-0.05, 0) is 0 Å². The van der Waals surface area contributed by atoms with Gasteiger partial charge in [0.2, 0.25) is 0 Å². The van der Waals surface area contributed by atoms with Crippen LogP contribution < -0.4 is 0 Å². The number of hydrogen-bond acceptors (Lipinski definition) is 0. The molecule has 4 heavy (non-hydrogen) atoms. The molecule has 0 aliphatic heterocycles. The van der Waals surface area contributed by atoms with Crippen molar-refractivity contribution in [2.45, 2.75) is 0 Å². The summed E-state index contributed by atoms with van der Waals surface area (Å²) >= 11 is 0. The molecule has 0 heterocycles. The molecule has 0 saturated carbocycles. The normalized spacial score (nSPS) is 0. The van der Waals surface area contributed by atoms with E-state index in [4.69, 9.17) is 0 Å². The van der Waals surface area contributed by atoms with Crippen molar-refractivity contribution in [2.24, 2.45) is 0 Å². The molecule has 0 N–H and O–H groups in total. The summed E-state index contributed by atoms with van der Waals surface area (Å²) in [6.45, 7) is 0. The Labute approximate surface area is 80.3 Å². The van der Waals surface area contributed by atoms with Crippen molar-refractivity contribution >= 4 is 59.1 Å². The van der Waals surface area contributed by atoms with Crippen LogP contribution in [0.3, 0.4) is 0 Å². The van der Waals surface area contributed by atoms with Crippen LogP contribution in [0.1, 0.15) is 0 Å². The fraction of sp³-hybridized carbons (Fsp3) is 0. The minimum Gasteiger partial charge on any atom is 0 e. The topological polar surface area (TPSA) is 0 Å². The predicted molar refractivity (Wildman–Crippen MR) is 19.1 cm³/mol. The van der Waals surface area contributed by atoms with Crippen LogP contribution in [0, 0.1) is 0 Å². The fourth-order valence-electron chi connectivity index (χ4n) is 0. The Morgan fingerprint density at radius 2 is 1.00 bits per heavy atom. The van der Waals surface area contributed by atoms with Crippen LogP contribution in [0.4, 0.5) is 0 Å². The van der Waals surface area contributed by atoms with Gasteiger partial charge >= 0.3 is 0 Å². The summed E-state index contributed by atoms with van der Waals surface area (Å²) in [5.74, 6) is 0. The van der Waals surface area contributed by atoms with Crippen LogP contribution in [0.5, 0.6) is 0 Å². The molecule has 0 aromatic heterocycles. The molecule has 0 amide bonds. The van der Waals surface area contributed by atoms with Crippen LogP contribution in [-0.2, 0) is 22.4 Å². The molecule has 9 radical (unpaired) electrons. The monoisotopic (exact) mass is 323 g/mol. The molecule has 0 atom stereocenters. The van der Waals surface area contributed by atoms with Crippen LogP contribution >= 0.6 is 13.5 Å². The Bertz CT molecular complexity index is 8.00. The van der Waals surface area contributed by atoms with Crippen molar-refractivity contribution in [3.8, 4) is 0 Å². The van der Waals surface area contributed by atoms with E-state index < -0.39 is 0 Å². The fourth-order valence-corrected chi connectivity index (χ4v) is 0. The third kappa shape index (κ3) is 8.82. The maximum absolute atomic E-state index is 0. The van der Waals surface area contributed by atoms with Crippen molar-refractivity contribution in [3.63, 3.8) is 0 Å². The van der Waals surface area contributed by atoms with E-state index >= 15 is 0 Å². The number of hydrogen-bond donors (Lipinski definition) is 0. The Kier molecular flexibility index (Phi) is 134. The Morgan fingerprint density at radius 3 is 1.00 bits per heavy atom. The second-order valence-electron chi connectivity index (χ2n) is 0. The summed E-state index contributed by atoms with van der Waals surface area (Å²) in [6.07, 6.45) is 0. The van der Waals surface area contributed by atoms with E-state index in [-0.39, 0.29) is 81.5 Å². The zero-order valence-corrected chi connectivity index (χ0v) is 9.88. The van der Waals surface area contributed by atoms with E-state index in [0.29, 0.717) is 0 Å². The molecule has 0 rings (SSSR count). The molecule has 0 fully saturated rings. The van der Waals surface area contributed by atoms with Crippen LogP contribution in [-0.4, -0.2) is 45.6 Å². The van der Waals surface area contributed by atoms with Crippen molar-refractivity contribution in [1.29, 1.82) is 0 Å². The average molecular weight is 324 g/mol. The number of rotatable bonds is 0. The zero-order chi connectivity index (χ0) is 0. The third-order valence-electron chi connectivity index (χ3n) is 0. The van der Waals surface area contributed by atoms with E-state index in [9.17, 15) is 0 Å². The van der Waals surface area contributed by atoms with Crippen molar-refractivity contribution in [1.82, 2.24) is 0 Å². The molecular weight excluding hydrogens is 324 g/mol. The molecule has 0 bridgehead atoms. The molecule has 0 aliphatic rings. The molecule has 0 aromatic rings. The molecule has 0 saturated heterocycles. The Hall–Kier alpha value is 2.60. The quantitative estimate of drug-likeness (QED) is 0.545. The van der Waals surface area contributed by atoms with Crippen LogP contribution in [0.25, 0.3) is 0 Å². The van der Waals surface area contributed by atoms with Gasteiger partial charge in [0.05, 0.1) is 0 Å². The Balaban J connectivity index is 0. The second kappa shape index (κ2) is 17.5. The summed E-state index contributed by atoms with van der Waals surface area (Å²) in [5.41, 5.74) is 0. The minimum atomic E-state index is 0. The zero-order valence-electron chi connectivity index (χ0n) is 1.86. The van der Waals surface area contributed by atoms with Gasteiger partial charge in [0.25, 0.3) is 0 Å². The molecule has 0 aliphatic carbocycles. The van der Waals surface area contributed by atoms with Gasteiger partial charge in [-0.15, -0.1) is 0 Å².